The number of hydrogen-bond donors (Lipinski definition) is 1. The topological polar surface area (TPSA) is 60.1 Å². The van der Waals surface area contributed by atoms with Crippen molar-refractivity contribution in [2.24, 2.45) is 10.7 Å². The van der Waals surface area contributed by atoms with Crippen LogP contribution in [-0.4, -0.2) is 56.9 Å². The molecule has 5 nitrogen and oxygen atoms in total. The Labute approximate surface area is 98.6 Å². The standard InChI is InChI=1S/C11H25N3O2/c1-9(2)13-11(12)14(6-7-15-4)10(3)8-16-5/h9-10H,6-8H2,1-5H3,(H2,12,13). The Hall–Kier alpha value is -0.810. The molecular formula is C11H25N3O2. The molecule has 0 aliphatic carbocycles. The Morgan fingerprint density at radius 2 is 1.88 bits per heavy atom. The monoisotopic (exact) mass is 231 g/mol. The number of ether oxygens (including phenoxy) is 2. The first-order valence-electron chi connectivity index (χ1n) is 5.60. The lowest BCUT2D eigenvalue weighted by molar-refractivity contribution is 0.112. The molecular weight excluding hydrogens is 206 g/mol. The molecule has 0 spiro atoms. The van der Waals surface area contributed by atoms with Gasteiger partial charge in [0, 0.05) is 26.8 Å². The van der Waals surface area contributed by atoms with E-state index in [1.807, 2.05) is 18.7 Å². The second kappa shape index (κ2) is 8.35. The molecule has 0 amide bonds. The van der Waals surface area contributed by atoms with Gasteiger partial charge in [-0.2, -0.15) is 0 Å². The molecule has 0 fully saturated rings. The average Bonchev–Trinajstić information content (AvgIpc) is 2.17. The van der Waals surface area contributed by atoms with E-state index in [1.165, 1.54) is 0 Å². The largest absolute Gasteiger partial charge is 0.383 e. The molecule has 0 rings (SSSR count). The quantitative estimate of drug-likeness (QED) is 0.517. The maximum Gasteiger partial charge on any atom is 0.191 e. The highest BCUT2D eigenvalue weighted by atomic mass is 16.5. The molecule has 0 radical (unpaired) electrons. The van der Waals surface area contributed by atoms with Crippen LogP contribution in [0, 0.1) is 0 Å². The normalized spacial score (nSPS) is 14.2. The lowest BCUT2D eigenvalue weighted by atomic mass is 10.3. The third kappa shape index (κ3) is 5.92. The number of guanidine groups is 1. The number of hydrogen-bond acceptors (Lipinski definition) is 3. The van der Waals surface area contributed by atoms with Crippen LogP contribution >= 0.6 is 0 Å². The van der Waals surface area contributed by atoms with Crippen LogP contribution in [0.1, 0.15) is 20.8 Å². The van der Waals surface area contributed by atoms with E-state index in [-0.39, 0.29) is 12.1 Å². The van der Waals surface area contributed by atoms with Gasteiger partial charge < -0.3 is 20.1 Å². The Bertz CT molecular complexity index is 207. The van der Waals surface area contributed by atoms with Gasteiger partial charge in [-0.3, -0.25) is 4.99 Å². The molecule has 0 bridgehead atoms. The molecule has 0 aromatic carbocycles. The first-order chi connectivity index (χ1) is 7.52. The summed E-state index contributed by atoms with van der Waals surface area (Å²) in [5.41, 5.74) is 5.96. The first-order valence-corrected chi connectivity index (χ1v) is 5.60. The predicted molar refractivity (Wildman–Crippen MR) is 66.7 cm³/mol. The van der Waals surface area contributed by atoms with Crippen LogP contribution in [0.15, 0.2) is 4.99 Å². The van der Waals surface area contributed by atoms with Gasteiger partial charge in [-0.25, -0.2) is 0 Å². The molecule has 96 valence electrons. The maximum atomic E-state index is 5.96. The highest BCUT2D eigenvalue weighted by Crippen LogP contribution is 2.01. The third-order valence-electron chi connectivity index (χ3n) is 2.16. The van der Waals surface area contributed by atoms with E-state index in [2.05, 4.69) is 11.9 Å². The van der Waals surface area contributed by atoms with E-state index in [9.17, 15) is 0 Å². The average molecular weight is 231 g/mol. The number of nitrogens with two attached hydrogens (primary N) is 1. The van der Waals surface area contributed by atoms with Gasteiger partial charge in [0.15, 0.2) is 5.96 Å². The highest BCUT2D eigenvalue weighted by molar-refractivity contribution is 5.78. The Morgan fingerprint density at radius 1 is 1.25 bits per heavy atom. The van der Waals surface area contributed by atoms with Crippen LogP contribution in [-0.2, 0) is 9.47 Å². The van der Waals surface area contributed by atoms with Crippen molar-refractivity contribution in [3.63, 3.8) is 0 Å². The molecule has 0 aromatic heterocycles. The van der Waals surface area contributed by atoms with E-state index >= 15 is 0 Å². The number of aliphatic imine (C=N–C) groups is 1. The maximum absolute atomic E-state index is 5.96. The molecule has 5 heteroatoms. The fraction of sp³-hybridized carbons (Fsp3) is 0.909. The van der Waals surface area contributed by atoms with Crippen molar-refractivity contribution in [3.8, 4) is 0 Å². The van der Waals surface area contributed by atoms with Gasteiger partial charge in [0.25, 0.3) is 0 Å². The highest BCUT2D eigenvalue weighted by Gasteiger charge is 2.15. The van der Waals surface area contributed by atoms with Crippen molar-refractivity contribution >= 4 is 5.96 Å². The van der Waals surface area contributed by atoms with E-state index in [4.69, 9.17) is 15.2 Å². The van der Waals surface area contributed by atoms with Gasteiger partial charge in [-0.05, 0) is 20.8 Å². The van der Waals surface area contributed by atoms with Gasteiger partial charge in [0.2, 0.25) is 0 Å². The van der Waals surface area contributed by atoms with E-state index in [0.29, 0.717) is 19.2 Å². The molecule has 0 heterocycles. The summed E-state index contributed by atoms with van der Waals surface area (Å²) in [5, 5.41) is 0. The molecule has 16 heavy (non-hydrogen) atoms. The van der Waals surface area contributed by atoms with Gasteiger partial charge in [-0.1, -0.05) is 0 Å². The van der Waals surface area contributed by atoms with Gasteiger partial charge >= 0.3 is 0 Å². The lowest BCUT2D eigenvalue weighted by Crippen LogP contribution is -2.47. The first kappa shape index (κ1) is 15.2. The Morgan fingerprint density at radius 3 is 2.31 bits per heavy atom. The second-order valence-corrected chi connectivity index (χ2v) is 4.07. The summed E-state index contributed by atoms with van der Waals surface area (Å²) in [7, 11) is 3.36. The molecule has 0 aliphatic heterocycles. The Balaban J connectivity index is 4.51. The van der Waals surface area contributed by atoms with Crippen molar-refractivity contribution < 1.29 is 9.47 Å². The Kier molecular flexibility index (Phi) is 7.93. The fourth-order valence-corrected chi connectivity index (χ4v) is 1.42. The van der Waals surface area contributed by atoms with Crippen molar-refractivity contribution in [1.29, 1.82) is 0 Å². The number of nitrogens with zero attached hydrogens (tertiary/aromatic N) is 2. The van der Waals surface area contributed by atoms with Crippen LogP contribution in [0.5, 0.6) is 0 Å². The fourth-order valence-electron chi connectivity index (χ4n) is 1.42. The summed E-state index contributed by atoms with van der Waals surface area (Å²) in [6, 6.07) is 0.391. The van der Waals surface area contributed by atoms with Crippen LogP contribution in [0.4, 0.5) is 0 Å². The molecule has 0 aromatic rings. The smallest absolute Gasteiger partial charge is 0.191 e. The summed E-state index contributed by atoms with van der Waals surface area (Å²) in [4.78, 5) is 6.35. The number of rotatable bonds is 7. The van der Waals surface area contributed by atoms with Crippen molar-refractivity contribution in [2.45, 2.75) is 32.9 Å². The molecule has 1 atom stereocenters. The van der Waals surface area contributed by atoms with Crippen LogP contribution in [0.25, 0.3) is 0 Å². The van der Waals surface area contributed by atoms with E-state index < -0.39 is 0 Å². The molecule has 2 N–H and O–H groups in total. The summed E-state index contributed by atoms with van der Waals surface area (Å²) < 4.78 is 10.2. The SMILES string of the molecule is COCCN(C(N)=NC(C)C)C(C)COC. The zero-order valence-corrected chi connectivity index (χ0v) is 11.1. The molecule has 1 unspecified atom stereocenters. The van der Waals surface area contributed by atoms with Crippen molar-refractivity contribution in [2.75, 3.05) is 34.0 Å². The zero-order chi connectivity index (χ0) is 12.6. The minimum absolute atomic E-state index is 0.194. The molecule has 0 aliphatic rings. The minimum Gasteiger partial charge on any atom is -0.383 e. The van der Waals surface area contributed by atoms with Gasteiger partial charge in [0.1, 0.15) is 0 Å². The predicted octanol–water partition coefficient (Wildman–Crippen LogP) is 0.693. The summed E-state index contributed by atoms with van der Waals surface area (Å²) in [6.45, 7) is 8.04. The number of methoxy groups -OCH3 is 2. The summed E-state index contributed by atoms with van der Waals surface area (Å²) >= 11 is 0. The summed E-state index contributed by atoms with van der Waals surface area (Å²) in [5.74, 6) is 0.552. The van der Waals surface area contributed by atoms with E-state index in [0.717, 1.165) is 6.54 Å². The third-order valence-corrected chi connectivity index (χ3v) is 2.16. The second-order valence-electron chi connectivity index (χ2n) is 4.07. The molecule has 0 saturated carbocycles. The van der Waals surface area contributed by atoms with Crippen LogP contribution < -0.4 is 5.73 Å². The van der Waals surface area contributed by atoms with Gasteiger partial charge in [0.05, 0.1) is 19.3 Å². The van der Waals surface area contributed by atoms with Crippen molar-refractivity contribution in [3.05, 3.63) is 0 Å². The minimum atomic E-state index is 0.194. The van der Waals surface area contributed by atoms with Gasteiger partial charge in [-0.15, -0.1) is 0 Å². The molecule has 0 saturated heterocycles. The summed E-state index contributed by atoms with van der Waals surface area (Å²) in [6.07, 6.45) is 0. The zero-order valence-electron chi connectivity index (χ0n) is 11.1. The van der Waals surface area contributed by atoms with E-state index in [1.54, 1.807) is 14.2 Å². The van der Waals surface area contributed by atoms with Crippen molar-refractivity contribution in [1.82, 2.24) is 4.90 Å². The van der Waals surface area contributed by atoms with Crippen LogP contribution in [0.3, 0.4) is 0 Å². The lowest BCUT2D eigenvalue weighted by Gasteiger charge is -2.29. The van der Waals surface area contributed by atoms with Crippen LogP contribution in [0.2, 0.25) is 0 Å².